The van der Waals surface area contributed by atoms with Crippen LogP contribution in [-0.2, 0) is 11.3 Å². The van der Waals surface area contributed by atoms with E-state index in [9.17, 15) is 4.79 Å². The molecular formula is C15H22N2O3. The van der Waals surface area contributed by atoms with Gasteiger partial charge in [-0.05, 0) is 30.7 Å². The van der Waals surface area contributed by atoms with E-state index in [0.717, 1.165) is 17.1 Å². The zero-order valence-electron chi connectivity index (χ0n) is 12.1. The fourth-order valence-electron chi connectivity index (χ4n) is 2.29. The average Bonchev–Trinajstić information content (AvgIpc) is 2.46. The molecule has 110 valence electrons. The summed E-state index contributed by atoms with van der Waals surface area (Å²) in [5.74, 6) is 1.60. The number of fused-ring (bicyclic) bond motifs is 1. The normalized spacial score (nSPS) is 14.8. The van der Waals surface area contributed by atoms with Crippen LogP contribution in [0.15, 0.2) is 18.2 Å². The van der Waals surface area contributed by atoms with E-state index in [-0.39, 0.29) is 11.8 Å². The van der Waals surface area contributed by atoms with Gasteiger partial charge in [0.15, 0.2) is 11.5 Å². The second-order valence-corrected chi connectivity index (χ2v) is 5.15. The molecule has 1 atom stereocenters. The number of amides is 1. The molecule has 0 saturated heterocycles. The number of carbonyl (C=O) groups excluding carboxylic acids is 1. The van der Waals surface area contributed by atoms with Gasteiger partial charge in [-0.25, -0.2) is 0 Å². The maximum absolute atomic E-state index is 12.1. The smallest absolute Gasteiger partial charge is 0.225 e. The Morgan fingerprint density at radius 3 is 2.75 bits per heavy atom. The van der Waals surface area contributed by atoms with E-state index in [2.05, 4.69) is 0 Å². The summed E-state index contributed by atoms with van der Waals surface area (Å²) >= 11 is 0. The zero-order chi connectivity index (χ0) is 14.5. The summed E-state index contributed by atoms with van der Waals surface area (Å²) in [5.41, 5.74) is 6.53. The third kappa shape index (κ3) is 3.42. The Labute approximate surface area is 119 Å². The lowest BCUT2D eigenvalue weighted by Gasteiger charge is -2.23. The lowest BCUT2D eigenvalue weighted by atomic mass is 10.1. The van der Waals surface area contributed by atoms with Crippen LogP contribution in [0, 0.1) is 5.92 Å². The highest BCUT2D eigenvalue weighted by molar-refractivity contribution is 5.78. The van der Waals surface area contributed by atoms with E-state index >= 15 is 0 Å². The molecule has 2 rings (SSSR count). The molecule has 20 heavy (non-hydrogen) atoms. The number of rotatable bonds is 5. The average molecular weight is 278 g/mol. The molecule has 2 N–H and O–H groups in total. The third-order valence-corrected chi connectivity index (χ3v) is 3.42. The van der Waals surface area contributed by atoms with E-state index < -0.39 is 0 Å². The molecule has 5 heteroatoms. The van der Waals surface area contributed by atoms with Gasteiger partial charge in [0.1, 0.15) is 13.2 Å². The summed E-state index contributed by atoms with van der Waals surface area (Å²) in [4.78, 5) is 13.9. The Hall–Kier alpha value is -1.75. The number of carbonyl (C=O) groups is 1. The fraction of sp³-hybridized carbons (Fsp3) is 0.533. The van der Waals surface area contributed by atoms with Crippen LogP contribution in [-0.4, -0.2) is 37.6 Å². The predicted octanol–water partition coefficient (Wildman–Crippen LogP) is 1.40. The van der Waals surface area contributed by atoms with Crippen molar-refractivity contribution in [2.24, 2.45) is 11.7 Å². The van der Waals surface area contributed by atoms with Gasteiger partial charge in [0.05, 0.1) is 0 Å². The number of benzene rings is 1. The second kappa shape index (κ2) is 6.61. The largest absolute Gasteiger partial charge is 0.486 e. The molecule has 1 aromatic rings. The minimum atomic E-state index is -0.0396. The molecule has 0 spiro atoms. The fourth-order valence-corrected chi connectivity index (χ4v) is 2.29. The highest BCUT2D eigenvalue weighted by Crippen LogP contribution is 2.31. The van der Waals surface area contributed by atoms with Gasteiger partial charge in [0, 0.05) is 19.5 Å². The maximum Gasteiger partial charge on any atom is 0.225 e. The molecule has 1 amide bonds. The van der Waals surface area contributed by atoms with Crippen molar-refractivity contribution in [3.63, 3.8) is 0 Å². The van der Waals surface area contributed by atoms with Gasteiger partial charge in [-0.3, -0.25) is 4.79 Å². The van der Waals surface area contributed by atoms with Crippen molar-refractivity contribution >= 4 is 5.91 Å². The summed E-state index contributed by atoms with van der Waals surface area (Å²) in [6, 6.07) is 5.79. The standard InChI is InChI=1S/C15H22N2O3/c1-11(5-6-16)15(18)17(2)10-12-3-4-13-14(9-12)20-8-7-19-13/h3-4,9,11H,5-8,10,16H2,1-2H3. The number of nitrogens with zero attached hydrogens (tertiary/aromatic N) is 1. The number of nitrogens with two attached hydrogens (primary N) is 1. The summed E-state index contributed by atoms with van der Waals surface area (Å²) in [5, 5.41) is 0. The van der Waals surface area contributed by atoms with Crippen LogP contribution in [0.5, 0.6) is 11.5 Å². The van der Waals surface area contributed by atoms with Crippen molar-refractivity contribution < 1.29 is 14.3 Å². The zero-order valence-corrected chi connectivity index (χ0v) is 12.1. The Morgan fingerprint density at radius 1 is 1.35 bits per heavy atom. The van der Waals surface area contributed by atoms with Crippen LogP contribution in [0.25, 0.3) is 0 Å². The molecule has 0 fully saturated rings. The third-order valence-electron chi connectivity index (χ3n) is 3.42. The lowest BCUT2D eigenvalue weighted by Crippen LogP contribution is -2.32. The molecule has 0 radical (unpaired) electrons. The van der Waals surface area contributed by atoms with Crippen LogP contribution in [0.2, 0.25) is 0 Å². The van der Waals surface area contributed by atoms with Crippen molar-refractivity contribution in [3.05, 3.63) is 23.8 Å². The quantitative estimate of drug-likeness (QED) is 0.884. The first-order chi connectivity index (χ1) is 9.61. The SMILES string of the molecule is CC(CCN)C(=O)N(C)Cc1ccc2c(c1)OCCO2. The molecule has 0 aromatic heterocycles. The first kappa shape index (κ1) is 14.7. The van der Waals surface area contributed by atoms with Gasteiger partial charge in [-0.2, -0.15) is 0 Å². The van der Waals surface area contributed by atoms with E-state index in [4.69, 9.17) is 15.2 Å². The topological polar surface area (TPSA) is 64.8 Å². The first-order valence-corrected chi connectivity index (χ1v) is 6.95. The van der Waals surface area contributed by atoms with Crippen molar-refractivity contribution in [2.75, 3.05) is 26.8 Å². The van der Waals surface area contributed by atoms with Crippen LogP contribution in [0.1, 0.15) is 18.9 Å². The monoisotopic (exact) mass is 278 g/mol. The molecule has 1 heterocycles. The molecule has 1 aromatic carbocycles. The molecule has 1 aliphatic heterocycles. The minimum absolute atomic E-state index is 0.0396. The number of ether oxygens (including phenoxy) is 2. The Morgan fingerprint density at radius 2 is 2.05 bits per heavy atom. The van der Waals surface area contributed by atoms with Gasteiger partial charge < -0.3 is 20.1 Å². The van der Waals surface area contributed by atoms with Crippen molar-refractivity contribution in [2.45, 2.75) is 19.9 Å². The molecule has 0 bridgehead atoms. The minimum Gasteiger partial charge on any atom is -0.486 e. The lowest BCUT2D eigenvalue weighted by molar-refractivity contribution is -0.134. The summed E-state index contributed by atoms with van der Waals surface area (Å²) in [6.07, 6.45) is 0.713. The Kier molecular flexibility index (Phi) is 4.84. The molecule has 5 nitrogen and oxygen atoms in total. The molecule has 0 aliphatic carbocycles. The van der Waals surface area contributed by atoms with Gasteiger partial charge in [-0.1, -0.05) is 13.0 Å². The van der Waals surface area contributed by atoms with Gasteiger partial charge in [0.25, 0.3) is 0 Å². The van der Waals surface area contributed by atoms with E-state index in [1.807, 2.05) is 32.2 Å². The van der Waals surface area contributed by atoms with E-state index in [1.54, 1.807) is 4.90 Å². The number of hydrogen-bond donors (Lipinski definition) is 1. The highest BCUT2D eigenvalue weighted by Gasteiger charge is 2.18. The Balaban J connectivity index is 2.00. The van der Waals surface area contributed by atoms with Crippen molar-refractivity contribution in [3.8, 4) is 11.5 Å². The summed E-state index contributed by atoms with van der Waals surface area (Å²) < 4.78 is 11.0. The molecule has 1 unspecified atom stereocenters. The summed E-state index contributed by atoms with van der Waals surface area (Å²) in [6.45, 7) is 4.16. The van der Waals surface area contributed by atoms with Crippen molar-refractivity contribution in [1.82, 2.24) is 4.90 Å². The number of hydrogen-bond acceptors (Lipinski definition) is 4. The van der Waals surface area contributed by atoms with Crippen LogP contribution >= 0.6 is 0 Å². The molecular weight excluding hydrogens is 256 g/mol. The van der Waals surface area contributed by atoms with Crippen LogP contribution < -0.4 is 15.2 Å². The predicted molar refractivity (Wildman–Crippen MR) is 76.7 cm³/mol. The van der Waals surface area contributed by atoms with Gasteiger partial charge in [0.2, 0.25) is 5.91 Å². The van der Waals surface area contributed by atoms with Gasteiger partial charge in [-0.15, -0.1) is 0 Å². The molecule has 1 aliphatic rings. The highest BCUT2D eigenvalue weighted by atomic mass is 16.6. The summed E-state index contributed by atoms with van der Waals surface area (Å²) in [7, 11) is 1.81. The Bertz CT molecular complexity index is 476. The first-order valence-electron chi connectivity index (χ1n) is 6.95. The van der Waals surface area contributed by atoms with E-state index in [0.29, 0.717) is 32.7 Å². The van der Waals surface area contributed by atoms with Gasteiger partial charge >= 0.3 is 0 Å². The van der Waals surface area contributed by atoms with Crippen LogP contribution in [0.3, 0.4) is 0 Å². The maximum atomic E-state index is 12.1. The molecule has 0 saturated carbocycles. The van der Waals surface area contributed by atoms with Crippen LogP contribution in [0.4, 0.5) is 0 Å². The second-order valence-electron chi connectivity index (χ2n) is 5.15. The van der Waals surface area contributed by atoms with E-state index in [1.165, 1.54) is 0 Å². The van der Waals surface area contributed by atoms with Crippen molar-refractivity contribution in [1.29, 1.82) is 0 Å².